The van der Waals surface area contributed by atoms with Crippen molar-refractivity contribution in [1.29, 1.82) is 0 Å². The molecule has 0 bridgehead atoms. The zero-order valence-electron chi connectivity index (χ0n) is 8.61. The smallest absolute Gasteiger partial charge is 0.336 e. The molecule has 0 fully saturated rings. The summed E-state index contributed by atoms with van der Waals surface area (Å²) in [6, 6.07) is 1.17. The Kier molecular flexibility index (Phi) is 9.18. The van der Waals surface area contributed by atoms with E-state index in [1.807, 2.05) is 0 Å². The van der Waals surface area contributed by atoms with Gasteiger partial charge in [-0.15, -0.1) is 0 Å². The van der Waals surface area contributed by atoms with Crippen molar-refractivity contribution in [2.24, 2.45) is 0 Å². The topological polar surface area (TPSA) is 9.23 Å². The molecule has 0 N–H and O–H groups in total. The minimum absolute atomic E-state index is 0.872. The quantitative estimate of drug-likeness (QED) is 0.355. The molecule has 4 heteroatoms. The SMILES string of the molecule is CCCCCC[Si](Br)(Br)OCCC. The maximum absolute atomic E-state index is 5.73. The first-order chi connectivity index (χ1) is 6.12. The van der Waals surface area contributed by atoms with Gasteiger partial charge in [0.1, 0.15) is 0 Å². The molecule has 13 heavy (non-hydrogen) atoms. The van der Waals surface area contributed by atoms with Crippen LogP contribution in [0.5, 0.6) is 0 Å². The van der Waals surface area contributed by atoms with E-state index >= 15 is 0 Å². The monoisotopic (exact) mass is 330 g/mol. The summed E-state index contributed by atoms with van der Waals surface area (Å²) in [4.78, 5) is 0. The zero-order valence-corrected chi connectivity index (χ0v) is 12.8. The van der Waals surface area contributed by atoms with E-state index in [9.17, 15) is 0 Å². The Morgan fingerprint density at radius 2 is 1.69 bits per heavy atom. The van der Waals surface area contributed by atoms with E-state index in [0.717, 1.165) is 13.0 Å². The lowest BCUT2D eigenvalue weighted by Crippen LogP contribution is -2.23. The van der Waals surface area contributed by atoms with Crippen LogP contribution in [0, 0.1) is 0 Å². The highest BCUT2D eigenvalue weighted by atomic mass is 79.9. The number of rotatable bonds is 8. The Labute approximate surface area is 98.9 Å². The summed E-state index contributed by atoms with van der Waals surface area (Å²) >= 11 is 7.34. The van der Waals surface area contributed by atoms with Gasteiger partial charge in [-0.1, -0.05) is 70.1 Å². The second-order valence-corrected chi connectivity index (χ2v) is 16.2. The maximum Gasteiger partial charge on any atom is 0.336 e. The first-order valence-electron chi connectivity index (χ1n) is 5.14. The molecule has 0 saturated carbocycles. The fourth-order valence-corrected chi connectivity index (χ4v) is 5.04. The van der Waals surface area contributed by atoms with Crippen molar-refractivity contribution >= 4 is 36.1 Å². The van der Waals surface area contributed by atoms with E-state index in [0.29, 0.717) is 0 Å². The number of hydrogen-bond donors (Lipinski definition) is 0. The molecule has 0 aromatic carbocycles. The van der Waals surface area contributed by atoms with Gasteiger partial charge in [-0.3, -0.25) is 0 Å². The van der Waals surface area contributed by atoms with Gasteiger partial charge in [0.25, 0.3) is 0 Å². The van der Waals surface area contributed by atoms with Gasteiger partial charge >= 0.3 is 5.56 Å². The predicted octanol–water partition coefficient (Wildman–Crippen LogP) is 4.72. The zero-order chi connectivity index (χ0) is 10.2. The molecular weight excluding hydrogens is 312 g/mol. The van der Waals surface area contributed by atoms with Gasteiger partial charge in [0.15, 0.2) is 0 Å². The Bertz CT molecular complexity index is 120. The minimum Gasteiger partial charge on any atom is -0.399 e. The number of hydrogen-bond acceptors (Lipinski definition) is 1. The maximum atomic E-state index is 5.73. The molecule has 0 aliphatic rings. The van der Waals surface area contributed by atoms with Crippen LogP contribution in [0.15, 0.2) is 0 Å². The minimum atomic E-state index is -1.65. The Hall–Kier alpha value is 1.14. The summed E-state index contributed by atoms with van der Waals surface area (Å²) in [6.45, 7) is 5.25. The standard InChI is InChI=1S/C9H20Br2OSi/c1-3-5-6-7-9-13(10,11)12-8-4-2/h3-9H2,1-2H3. The van der Waals surface area contributed by atoms with Crippen LogP contribution in [0.25, 0.3) is 0 Å². The van der Waals surface area contributed by atoms with Gasteiger partial charge in [0, 0.05) is 6.61 Å². The van der Waals surface area contributed by atoms with Crippen molar-refractivity contribution in [2.45, 2.75) is 52.0 Å². The third kappa shape index (κ3) is 9.44. The first-order valence-corrected chi connectivity index (χ1v) is 11.8. The van der Waals surface area contributed by atoms with Crippen molar-refractivity contribution in [3.05, 3.63) is 0 Å². The molecule has 0 aromatic heterocycles. The molecular formula is C9H20Br2OSi. The van der Waals surface area contributed by atoms with Crippen molar-refractivity contribution in [3.63, 3.8) is 0 Å². The van der Waals surface area contributed by atoms with Crippen molar-refractivity contribution < 1.29 is 4.43 Å². The van der Waals surface area contributed by atoms with Gasteiger partial charge in [-0.25, -0.2) is 0 Å². The molecule has 0 aliphatic heterocycles. The fraction of sp³-hybridized carbons (Fsp3) is 1.00. The summed E-state index contributed by atoms with van der Waals surface area (Å²) in [6.07, 6.45) is 6.35. The van der Waals surface area contributed by atoms with Crippen LogP contribution in [0.4, 0.5) is 0 Å². The Morgan fingerprint density at radius 1 is 1.00 bits per heavy atom. The van der Waals surface area contributed by atoms with Gasteiger partial charge in [-0.2, -0.15) is 0 Å². The normalized spacial score (nSPS) is 12.0. The summed E-state index contributed by atoms with van der Waals surface area (Å²) in [5.74, 6) is 0. The second-order valence-electron chi connectivity index (χ2n) is 3.30. The lowest BCUT2D eigenvalue weighted by molar-refractivity contribution is 0.327. The van der Waals surface area contributed by atoms with Crippen molar-refractivity contribution in [1.82, 2.24) is 0 Å². The van der Waals surface area contributed by atoms with Gasteiger partial charge in [0.05, 0.1) is 0 Å². The summed E-state index contributed by atoms with van der Waals surface area (Å²) in [5, 5.41) is 0. The summed E-state index contributed by atoms with van der Waals surface area (Å²) in [7, 11) is 0. The molecule has 0 atom stereocenters. The Balaban J connectivity index is 3.39. The predicted molar refractivity (Wildman–Crippen MR) is 68.8 cm³/mol. The molecule has 0 aromatic rings. The van der Waals surface area contributed by atoms with Crippen LogP contribution in [0.3, 0.4) is 0 Å². The molecule has 1 nitrogen and oxygen atoms in total. The number of unbranched alkanes of at least 4 members (excludes halogenated alkanes) is 3. The highest BCUT2D eigenvalue weighted by Crippen LogP contribution is 2.29. The number of halogens is 2. The third-order valence-electron chi connectivity index (χ3n) is 1.84. The van der Waals surface area contributed by atoms with Crippen LogP contribution >= 0.6 is 30.6 Å². The molecule has 0 unspecified atom stereocenters. The molecule has 0 rings (SSSR count). The molecule has 0 radical (unpaired) electrons. The average Bonchev–Trinajstić information content (AvgIpc) is 2.09. The largest absolute Gasteiger partial charge is 0.399 e. The molecule has 0 saturated heterocycles. The third-order valence-corrected chi connectivity index (χ3v) is 7.15. The molecule has 0 amide bonds. The Morgan fingerprint density at radius 3 is 2.23 bits per heavy atom. The van der Waals surface area contributed by atoms with E-state index in [2.05, 4.69) is 44.4 Å². The van der Waals surface area contributed by atoms with Crippen molar-refractivity contribution in [3.8, 4) is 0 Å². The molecule has 0 heterocycles. The van der Waals surface area contributed by atoms with E-state index in [1.165, 1.54) is 31.7 Å². The lowest BCUT2D eigenvalue weighted by atomic mass is 10.2. The van der Waals surface area contributed by atoms with Crippen LogP contribution in [0.2, 0.25) is 6.04 Å². The highest BCUT2D eigenvalue weighted by molar-refractivity contribution is 9.50. The van der Waals surface area contributed by atoms with E-state index in [-0.39, 0.29) is 0 Å². The second kappa shape index (κ2) is 8.45. The molecule has 0 aliphatic carbocycles. The van der Waals surface area contributed by atoms with Gasteiger partial charge in [0.2, 0.25) is 0 Å². The van der Waals surface area contributed by atoms with Crippen LogP contribution in [-0.2, 0) is 4.43 Å². The average molecular weight is 332 g/mol. The fourth-order valence-electron chi connectivity index (χ4n) is 1.08. The summed E-state index contributed by atoms with van der Waals surface area (Å²) in [5.41, 5.74) is -1.65. The van der Waals surface area contributed by atoms with E-state index < -0.39 is 5.56 Å². The van der Waals surface area contributed by atoms with Crippen molar-refractivity contribution in [2.75, 3.05) is 6.61 Å². The lowest BCUT2D eigenvalue weighted by Gasteiger charge is -2.17. The van der Waals surface area contributed by atoms with Gasteiger partial charge in [-0.05, 0) is 12.5 Å². The molecule has 0 spiro atoms. The van der Waals surface area contributed by atoms with Crippen LogP contribution in [0.1, 0.15) is 46.0 Å². The van der Waals surface area contributed by atoms with Gasteiger partial charge < -0.3 is 4.43 Å². The van der Waals surface area contributed by atoms with E-state index in [1.54, 1.807) is 0 Å². The van der Waals surface area contributed by atoms with E-state index in [4.69, 9.17) is 4.43 Å². The van der Waals surface area contributed by atoms with Crippen LogP contribution in [-0.4, -0.2) is 12.2 Å². The molecule has 80 valence electrons. The van der Waals surface area contributed by atoms with Crippen LogP contribution < -0.4 is 0 Å². The highest BCUT2D eigenvalue weighted by Gasteiger charge is 2.27. The first kappa shape index (κ1) is 14.1. The summed E-state index contributed by atoms with van der Waals surface area (Å²) < 4.78 is 5.73.